The number of halogens is 1. The lowest BCUT2D eigenvalue weighted by Gasteiger charge is -2.14. The van der Waals surface area contributed by atoms with Gasteiger partial charge >= 0.3 is 0 Å². The fourth-order valence-electron chi connectivity index (χ4n) is 2.38. The van der Waals surface area contributed by atoms with Crippen LogP contribution in [0.25, 0.3) is 11.3 Å². The summed E-state index contributed by atoms with van der Waals surface area (Å²) >= 11 is 3.48. The number of anilines is 2. The van der Waals surface area contributed by atoms with Crippen LogP contribution in [0.1, 0.15) is 12.5 Å². The highest BCUT2D eigenvalue weighted by Gasteiger charge is 2.09. The topological polar surface area (TPSA) is 83.0 Å². The van der Waals surface area contributed by atoms with Crippen molar-refractivity contribution in [3.63, 3.8) is 0 Å². The summed E-state index contributed by atoms with van der Waals surface area (Å²) < 4.78 is 1.04. The second kappa shape index (κ2) is 8.73. The molecule has 3 N–H and O–H groups in total. The predicted molar refractivity (Wildman–Crippen MR) is 107 cm³/mol. The monoisotopic (exact) mass is 413 g/mol. The van der Waals surface area contributed by atoms with Crippen LogP contribution in [-0.2, 0) is 6.54 Å². The summed E-state index contributed by atoms with van der Waals surface area (Å²) in [6, 6.07) is 13.7. The molecule has 0 radical (unpaired) electrons. The maximum atomic E-state index is 9.28. The van der Waals surface area contributed by atoms with Crippen molar-refractivity contribution < 1.29 is 5.11 Å². The van der Waals surface area contributed by atoms with Crippen molar-refractivity contribution in [1.82, 2.24) is 15.0 Å². The smallest absolute Gasteiger partial charge is 0.225 e. The van der Waals surface area contributed by atoms with Crippen molar-refractivity contribution in [2.75, 3.05) is 17.2 Å². The molecule has 3 rings (SSSR count). The van der Waals surface area contributed by atoms with E-state index in [9.17, 15) is 5.11 Å². The van der Waals surface area contributed by atoms with Crippen LogP contribution in [-0.4, -0.2) is 32.7 Å². The van der Waals surface area contributed by atoms with E-state index < -0.39 is 0 Å². The molecule has 0 aliphatic heterocycles. The van der Waals surface area contributed by atoms with Gasteiger partial charge < -0.3 is 15.7 Å². The number of pyridine rings is 1. The highest BCUT2D eigenvalue weighted by atomic mass is 79.9. The molecular weight excluding hydrogens is 394 g/mol. The fraction of sp³-hybridized carbons (Fsp3) is 0.211. The van der Waals surface area contributed by atoms with Crippen molar-refractivity contribution in [2.45, 2.75) is 19.5 Å². The van der Waals surface area contributed by atoms with Crippen molar-refractivity contribution in [3.05, 3.63) is 64.9 Å². The van der Waals surface area contributed by atoms with Gasteiger partial charge in [-0.15, -0.1) is 0 Å². The summed E-state index contributed by atoms with van der Waals surface area (Å²) in [4.78, 5) is 13.1. The summed E-state index contributed by atoms with van der Waals surface area (Å²) in [6.45, 7) is 2.52. The normalized spacial score (nSPS) is 11.8. The largest absolute Gasteiger partial charge is 0.394 e. The first-order chi connectivity index (χ1) is 12.6. The van der Waals surface area contributed by atoms with Crippen LogP contribution in [0, 0.1) is 0 Å². The van der Waals surface area contributed by atoms with Gasteiger partial charge in [-0.05, 0) is 36.8 Å². The molecule has 0 saturated carbocycles. The van der Waals surface area contributed by atoms with Crippen LogP contribution in [0.3, 0.4) is 0 Å². The van der Waals surface area contributed by atoms with Crippen molar-refractivity contribution in [1.29, 1.82) is 0 Å². The van der Waals surface area contributed by atoms with Gasteiger partial charge in [-0.3, -0.25) is 4.98 Å². The van der Waals surface area contributed by atoms with Gasteiger partial charge in [0.1, 0.15) is 5.82 Å². The van der Waals surface area contributed by atoms with E-state index in [2.05, 4.69) is 53.6 Å². The van der Waals surface area contributed by atoms with E-state index in [1.807, 2.05) is 37.3 Å². The zero-order valence-corrected chi connectivity index (χ0v) is 15.9. The maximum absolute atomic E-state index is 9.28. The Morgan fingerprint density at radius 3 is 2.65 bits per heavy atom. The molecule has 2 aromatic heterocycles. The van der Waals surface area contributed by atoms with Crippen LogP contribution in [0.2, 0.25) is 0 Å². The third kappa shape index (κ3) is 5.00. The summed E-state index contributed by atoms with van der Waals surface area (Å²) in [5.74, 6) is 1.18. The summed E-state index contributed by atoms with van der Waals surface area (Å²) in [6.07, 6.45) is 3.46. The lowest BCUT2D eigenvalue weighted by molar-refractivity contribution is 0.281. The molecule has 0 aliphatic carbocycles. The summed E-state index contributed by atoms with van der Waals surface area (Å²) in [5, 5.41) is 15.7. The van der Waals surface area contributed by atoms with Crippen molar-refractivity contribution in [3.8, 4) is 11.3 Å². The Morgan fingerprint density at radius 1 is 1.12 bits per heavy atom. The zero-order valence-electron chi connectivity index (χ0n) is 14.4. The number of hydrogen-bond donors (Lipinski definition) is 3. The molecule has 0 aliphatic rings. The van der Waals surface area contributed by atoms with Crippen molar-refractivity contribution >= 4 is 27.7 Å². The Balaban J connectivity index is 1.86. The second-order valence-electron chi connectivity index (χ2n) is 5.91. The molecule has 0 saturated heterocycles. The average molecular weight is 414 g/mol. The van der Waals surface area contributed by atoms with Gasteiger partial charge in [-0.25, -0.2) is 4.98 Å². The maximum Gasteiger partial charge on any atom is 0.225 e. The van der Waals surface area contributed by atoms with E-state index in [1.54, 1.807) is 12.4 Å². The average Bonchev–Trinajstić information content (AvgIpc) is 2.67. The molecule has 7 heteroatoms. The Bertz CT molecular complexity index is 860. The van der Waals surface area contributed by atoms with E-state index in [0.717, 1.165) is 21.3 Å². The molecule has 1 aromatic carbocycles. The third-order valence-corrected chi connectivity index (χ3v) is 4.21. The molecule has 134 valence electrons. The lowest BCUT2D eigenvalue weighted by Crippen LogP contribution is -2.21. The van der Waals surface area contributed by atoms with Crippen LogP contribution in [0.15, 0.2) is 59.3 Å². The van der Waals surface area contributed by atoms with Gasteiger partial charge in [0.15, 0.2) is 0 Å². The number of aromatic nitrogens is 3. The van der Waals surface area contributed by atoms with Gasteiger partial charge in [0.2, 0.25) is 5.95 Å². The number of rotatable bonds is 7. The fourth-order valence-corrected chi connectivity index (χ4v) is 2.83. The van der Waals surface area contributed by atoms with E-state index in [4.69, 9.17) is 0 Å². The first-order valence-corrected chi connectivity index (χ1v) is 9.08. The third-order valence-electron chi connectivity index (χ3n) is 3.71. The Hall–Kier alpha value is -2.51. The van der Waals surface area contributed by atoms with Gasteiger partial charge in [0, 0.05) is 41.1 Å². The van der Waals surface area contributed by atoms with Crippen LogP contribution >= 0.6 is 15.9 Å². The molecule has 3 aromatic rings. The minimum atomic E-state index is -0.138. The first-order valence-electron chi connectivity index (χ1n) is 8.29. The highest BCUT2D eigenvalue weighted by molar-refractivity contribution is 9.10. The summed E-state index contributed by atoms with van der Waals surface area (Å²) in [7, 11) is 0. The molecule has 6 nitrogen and oxygen atoms in total. The van der Waals surface area contributed by atoms with Gasteiger partial charge in [0.05, 0.1) is 12.3 Å². The zero-order chi connectivity index (χ0) is 18.4. The van der Waals surface area contributed by atoms with Gasteiger partial charge in [0.25, 0.3) is 0 Å². The number of aliphatic hydroxyl groups is 1. The SMILES string of the molecule is C[C@@H](CO)Nc1nc(NCc2cccc(Br)c2)cc(-c2ccncc2)n1. The molecule has 2 heterocycles. The Kier molecular flexibility index (Phi) is 6.14. The standard InChI is InChI=1S/C19H20BrN5O/c1-13(12-26)23-19-24-17(15-5-7-21-8-6-15)10-18(25-19)22-11-14-3-2-4-16(20)9-14/h2-10,13,26H,11-12H2,1H3,(H2,22,23,24,25)/t13-/m0/s1. The van der Waals surface area contributed by atoms with Crippen LogP contribution in [0.4, 0.5) is 11.8 Å². The highest BCUT2D eigenvalue weighted by Crippen LogP contribution is 2.22. The molecule has 0 unspecified atom stereocenters. The number of aliphatic hydroxyl groups excluding tert-OH is 1. The Labute approximate surface area is 160 Å². The first kappa shape index (κ1) is 18.3. The number of benzene rings is 1. The minimum Gasteiger partial charge on any atom is -0.394 e. The molecule has 0 amide bonds. The molecule has 1 atom stereocenters. The lowest BCUT2D eigenvalue weighted by atomic mass is 10.2. The van der Waals surface area contributed by atoms with Gasteiger partial charge in [-0.1, -0.05) is 28.1 Å². The van der Waals surface area contributed by atoms with Gasteiger partial charge in [-0.2, -0.15) is 4.98 Å². The van der Waals surface area contributed by atoms with E-state index >= 15 is 0 Å². The van der Waals surface area contributed by atoms with E-state index in [1.165, 1.54) is 0 Å². The number of nitrogens with one attached hydrogen (secondary N) is 2. The quantitative estimate of drug-likeness (QED) is 0.547. The molecule has 0 spiro atoms. The van der Waals surface area contributed by atoms with Crippen LogP contribution < -0.4 is 10.6 Å². The molecular formula is C19H20BrN5O. The number of hydrogen-bond acceptors (Lipinski definition) is 6. The minimum absolute atomic E-state index is 0.00362. The van der Waals surface area contributed by atoms with E-state index in [-0.39, 0.29) is 12.6 Å². The predicted octanol–water partition coefficient (Wildman–Crippen LogP) is 3.71. The Morgan fingerprint density at radius 2 is 1.92 bits per heavy atom. The van der Waals surface area contributed by atoms with Crippen molar-refractivity contribution in [2.24, 2.45) is 0 Å². The van der Waals surface area contributed by atoms with E-state index in [0.29, 0.717) is 18.3 Å². The second-order valence-corrected chi connectivity index (χ2v) is 6.83. The summed E-state index contributed by atoms with van der Waals surface area (Å²) in [5.41, 5.74) is 2.88. The molecule has 26 heavy (non-hydrogen) atoms. The number of nitrogens with zero attached hydrogens (tertiary/aromatic N) is 3. The molecule has 0 fully saturated rings. The molecule has 0 bridgehead atoms. The van der Waals surface area contributed by atoms with Crippen LogP contribution in [0.5, 0.6) is 0 Å².